The Bertz CT molecular complexity index is 1860. The molecule has 4 aromatic carbocycles. The fourth-order valence-electron chi connectivity index (χ4n) is 7.48. The average Bonchev–Trinajstić information content (AvgIpc) is 3.47. The van der Waals surface area contributed by atoms with Crippen LogP contribution in [0.3, 0.4) is 0 Å². The van der Waals surface area contributed by atoms with E-state index in [1.54, 1.807) is 48.5 Å². The minimum Gasteiger partial charge on any atom is -0.465 e. The van der Waals surface area contributed by atoms with Crippen molar-refractivity contribution >= 4 is 11.9 Å². The summed E-state index contributed by atoms with van der Waals surface area (Å²) in [6, 6.07) is 25.3. The van der Waals surface area contributed by atoms with Crippen molar-refractivity contribution in [2.45, 2.75) is 91.6 Å². The molecule has 0 bridgehead atoms. The molecule has 0 aromatic heterocycles. The first-order valence-electron chi connectivity index (χ1n) is 20.8. The Morgan fingerprint density at radius 2 is 0.966 bits per heavy atom. The second-order valence-corrected chi connectivity index (χ2v) is 16.0. The summed E-state index contributed by atoms with van der Waals surface area (Å²) in [5.74, 6) is 1.23. The van der Waals surface area contributed by atoms with Crippen LogP contribution in [0.2, 0.25) is 0 Å². The molecule has 10 nitrogen and oxygen atoms in total. The fourth-order valence-corrected chi connectivity index (χ4v) is 7.48. The molecule has 0 spiro atoms. The van der Waals surface area contributed by atoms with Crippen LogP contribution >= 0.6 is 0 Å². The van der Waals surface area contributed by atoms with E-state index in [0.717, 1.165) is 87.2 Å². The maximum atomic E-state index is 13.2. The first-order valence-corrected chi connectivity index (χ1v) is 20.8. The van der Waals surface area contributed by atoms with Crippen LogP contribution in [0.15, 0.2) is 84.9 Å². The number of esters is 2. The summed E-state index contributed by atoms with van der Waals surface area (Å²) >= 11 is 0. The van der Waals surface area contributed by atoms with Crippen LogP contribution in [0.25, 0.3) is 11.1 Å². The molecule has 2 fully saturated rings. The largest absolute Gasteiger partial charge is 0.465 e. The Hall–Kier alpha value is -4.74. The van der Waals surface area contributed by atoms with Gasteiger partial charge in [0.1, 0.15) is 23.0 Å². The van der Waals surface area contributed by atoms with E-state index >= 15 is 0 Å². The Balaban J connectivity index is 0.927. The van der Waals surface area contributed by atoms with Gasteiger partial charge in [-0.1, -0.05) is 59.6 Å². The van der Waals surface area contributed by atoms with E-state index in [2.05, 4.69) is 34.6 Å². The summed E-state index contributed by atoms with van der Waals surface area (Å²) in [5, 5.41) is 0. The molecule has 2 saturated heterocycles. The Morgan fingerprint density at radius 3 is 1.29 bits per heavy atom. The molecule has 2 atom stereocenters. The van der Waals surface area contributed by atoms with Gasteiger partial charge in [0, 0.05) is 29.6 Å². The number of fused-ring (bicyclic) bond motifs is 3. The van der Waals surface area contributed by atoms with Crippen molar-refractivity contribution in [1.82, 2.24) is 0 Å². The van der Waals surface area contributed by atoms with Crippen molar-refractivity contribution in [2.75, 3.05) is 39.6 Å². The molecule has 0 radical (unpaired) electrons. The fraction of sp³-hybridized carbons (Fsp3) is 0.458. The molecule has 7 rings (SSSR count). The van der Waals surface area contributed by atoms with Crippen LogP contribution in [-0.4, -0.2) is 64.2 Å². The number of carbonyl (C=O) groups is 2. The highest BCUT2D eigenvalue weighted by molar-refractivity contribution is 5.92. The Morgan fingerprint density at radius 1 is 0.586 bits per heavy atom. The third kappa shape index (κ3) is 9.42. The smallest absolute Gasteiger partial charge is 0.343 e. The van der Waals surface area contributed by atoms with Gasteiger partial charge in [0.15, 0.2) is 12.6 Å². The predicted octanol–water partition coefficient (Wildman–Crippen LogP) is 10.2. The van der Waals surface area contributed by atoms with E-state index in [4.69, 9.17) is 37.9 Å². The zero-order valence-electron chi connectivity index (χ0n) is 34.4. The summed E-state index contributed by atoms with van der Waals surface area (Å²) < 4.78 is 47.2. The second-order valence-electron chi connectivity index (χ2n) is 16.0. The van der Waals surface area contributed by atoms with Gasteiger partial charge in [0.05, 0.1) is 50.8 Å². The summed E-state index contributed by atoms with van der Waals surface area (Å²) in [7, 11) is 0. The van der Waals surface area contributed by atoms with Gasteiger partial charge in [-0.3, -0.25) is 0 Å². The summed E-state index contributed by atoms with van der Waals surface area (Å²) in [6.45, 7) is 14.7. The molecule has 0 saturated carbocycles. The third-order valence-corrected chi connectivity index (χ3v) is 11.7. The van der Waals surface area contributed by atoms with Gasteiger partial charge in [-0.2, -0.15) is 0 Å². The SMILES string of the molecule is CCCC(OCC1(CC)COC1)Oc1ccc(C(=O)Oc2ccc3c(c2)C(C)c2cc(OC(=O)c4ccc(OC(CCC)OCC5(CC)COC5)cc4)ccc2-3)cc1. The Labute approximate surface area is 342 Å². The summed E-state index contributed by atoms with van der Waals surface area (Å²) in [4.78, 5) is 26.4. The number of hydrogen-bond donors (Lipinski definition) is 0. The third-order valence-electron chi connectivity index (χ3n) is 11.7. The van der Waals surface area contributed by atoms with Crippen molar-refractivity contribution in [3.8, 4) is 34.1 Å². The maximum Gasteiger partial charge on any atom is 0.343 e. The monoisotopic (exact) mass is 792 g/mol. The van der Waals surface area contributed by atoms with Gasteiger partial charge in [-0.15, -0.1) is 0 Å². The van der Waals surface area contributed by atoms with Crippen LogP contribution in [-0.2, 0) is 18.9 Å². The van der Waals surface area contributed by atoms with Crippen molar-refractivity contribution < 1.29 is 47.5 Å². The molecule has 2 heterocycles. The molecule has 1 aliphatic carbocycles. The lowest BCUT2D eigenvalue weighted by atomic mass is 9.84. The molecule has 10 heteroatoms. The van der Waals surface area contributed by atoms with Gasteiger partial charge in [0.25, 0.3) is 0 Å². The number of hydrogen-bond acceptors (Lipinski definition) is 10. The highest BCUT2D eigenvalue weighted by atomic mass is 16.7. The summed E-state index contributed by atoms with van der Waals surface area (Å²) in [5.41, 5.74) is 5.12. The van der Waals surface area contributed by atoms with Gasteiger partial charge >= 0.3 is 11.9 Å². The lowest BCUT2D eigenvalue weighted by Crippen LogP contribution is -2.46. The van der Waals surface area contributed by atoms with Crippen molar-refractivity contribution in [1.29, 1.82) is 0 Å². The molecule has 3 aliphatic rings. The molecule has 0 N–H and O–H groups in total. The number of rotatable bonds is 20. The average molecular weight is 793 g/mol. The Kier molecular flexibility index (Phi) is 13.2. The molecule has 308 valence electrons. The zero-order valence-corrected chi connectivity index (χ0v) is 34.4. The lowest BCUT2D eigenvalue weighted by Gasteiger charge is -2.41. The van der Waals surface area contributed by atoms with Crippen molar-refractivity contribution in [2.24, 2.45) is 10.8 Å². The molecule has 58 heavy (non-hydrogen) atoms. The molecule has 0 amide bonds. The van der Waals surface area contributed by atoms with E-state index in [-0.39, 0.29) is 29.3 Å². The van der Waals surface area contributed by atoms with Crippen LogP contribution in [0.4, 0.5) is 0 Å². The number of ether oxygens (including phenoxy) is 8. The van der Waals surface area contributed by atoms with Gasteiger partial charge in [-0.05, 0) is 108 Å². The van der Waals surface area contributed by atoms with Crippen LogP contribution in [0.1, 0.15) is 111 Å². The first kappa shape index (κ1) is 41.4. The van der Waals surface area contributed by atoms with Gasteiger partial charge in [0.2, 0.25) is 0 Å². The first-order chi connectivity index (χ1) is 28.2. The van der Waals surface area contributed by atoms with E-state index in [1.807, 2.05) is 36.4 Å². The molecule has 2 unspecified atom stereocenters. The van der Waals surface area contributed by atoms with E-state index < -0.39 is 11.9 Å². The van der Waals surface area contributed by atoms with Crippen LogP contribution in [0, 0.1) is 10.8 Å². The molecule has 2 aliphatic heterocycles. The molecular weight excluding hydrogens is 737 g/mol. The van der Waals surface area contributed by atoms with Crippen LogP contribution < -0.4 is 18.9 Å². The molecule has 4 aromatic rings. The van der Waals surface area contributed by atoms with Gasteiger partial charge < -0.3 is 37.9 Å². The van der Waals surface area contributed by atoms with Crippen molar-refractivity contribution in [3.05, 3.63) is 107 Å². The van der Waals surface area contributed by atoms with Crippen LogP contribution in [0.5, 0.6) is 23.0 Å². The van der Waals surface area contributed by atoms with Gasteiger partial charge in [-0.25, -0.2) is 9.59 Å². The minimum atomic E-state index is -0.460. The minimum absolute atomic E-state index is 0.0141. The number of benzene rings is 4. The van der Waals surface area contributed by atoms with E-state index in [1.165, 1.54) is 0 Å². The lowest BCUT2D eigenvalue weighted by molar-refractivity contribution is -0.188. The molecular formula is C48H56O10. The highest BCUT2D eigenvalue weighted by Crippen LogP contribution is 2.47. The summed E-state index contributed by atoms with van der Waals surface area (Å²) in [6.07, 6.45) is 4.61. The number of carbonyl (C=O) groups excluding carboxylic acids is 2. The van der Waals surface area contributed by atoms with E-state index in [0.29, 0.717) is 47.3 Å². The second kappa shape index (κ2) is 18.5. The standard InChI is InChI=1S/C48H56O10/c1-6-10-43(53-30-47(8-3)26-51-27-47)55-35-16-12-33(13-17-35)45(49)57-37-20-22-39-40-23-21-38(25-42(40)32(5)41(39)24-37)58-46(50)34-14-18-36(19-15-34)56-44(11-7-2)54-31-48(9-4)28-52-29-48/h12-25,32,43-44H,6-11,26-31H2,1-5H3. The van der Waals surface area contributed by atoms with E-state index in [9.17, 15) is 9.59 Å². The normalized spacial score (nSPS) is 18.1. The quantitative estimate of drug-likeness (QED) is 0.0488. The highest BCUT2D eigenvalue weighted by Gasteiger charge is 2.39. The van der Waals surface area contributed by atoms with Crippen molar-refractivity contribution in [3.63, 3.8) is 0 Å². The maximum absolute atomic E-state index is 13.2. The predicted molar refractivity (Wildman–Crippen MR) is 220 cm³/mol. The topological polar surface area (TPSA) is 108 Å². The zero-order chi connectivity index (χ0) is 40.7.